The Bertz CT molecular complexity index is 1040. The summed E-state index contributed by atoms with van der Waals surface area (Å²) >= 11 is 3.39. The number of aromatic nitrogens is 2. The lowest BCUT2D eigenvalue weighted by molar-refractivity contribution is 0.0944. The predicted molar refractivity (Wildman–Crippen MR) is 102 cm³/mol. The van der Waals surface area contributed by atoms with Crippen LogP contribution in [0.4, 0.5) is 4.39 Å². The number of carbonyl (C=O) groups is 1. The van der Waals surface area contributed by atoms with E-state index in [1.165, 1.54) is 36.4 Å². The zero-order valence-electron chi connectivity index (χ0n) is 14.3. The normalized spacial score (nSPS) is 10.5. The van der Waals surface area contributed by atoms with Gasteiger partial charge in [0, 0.05) is 12.6 Å². The molecule has 1 aromatic heterocycles. The van der Waals surface area contributed by atoms with Gasteiger partial charge in [-0.05, 0) is 64.0 Å². The van der Waals surface area contributed by atoms with Crippen LogP contribution in [0.15, 0.2) is 63.9 Å². The Morgan fingerprint density at radius 3 is 2.59 bits per heavy atom. The molecule has 8 heteroatoms. The van der Waals surface area contributed by atoms with Crippen molar-refractivity contribution in [2.75, 3.05) is 7.11 Å². The van der Waals surface area contributed by atoms with Crippen LogP contribution in [0.25, 0.3) is 5.69 Å². The van der Waals surface area contributed by atoms with Crippen LogP contribution in [-0.4, -0.2) is 22.8 Å². The number of nitrogens with zero attached hydrogens (tertiary/aromatic N) is 2. The molecule has 1 amide bonds. The molecule has 1 N–H and O–H groups in total. The number of benzene rings is 2. The fourth-order valence-corrected chi connectivity index (χ4v) is 2.98. The van der Waals surface area contributed by atoms with Gasteiger partial charge >= 0.3 is 0 Å². The molecule has 0 radical (unpaired) electrons. The summed E-state index contributed by atoms with van der Waals surface area (Å²) in [4.78, 5) is 24.4. The van der Waals surface area contributed by atoms with Crippen molar-refractivity contribution in [3.8, 4) is 11.4 Å². The highest BCUT2D eigenvalue weighted by Gasteiger charge is 2.11. The quantitative estimate of drug-likeness (QED) is 0.673. The Morgan fingerprint density at radius 2 is 1.93 bits per heavy atom. The summed E-state index contributed by atoms with van der Waals surface area (Å²) in [5, 5.41) is 6.82. The number of carbonyl (C=O) groups excluding carboxylic acids is 1. The van der Waals surface area contributed by atoms with Gasteiger partial charge in [0.25, 0.3) is 11.5 Å². The Kier molecular flexibility index (Phi) is 5.66. The lowest BCUT2D eigenvalue weighted by atomic mass is 10.2. The van der Waals surface area contributed by atoms with Crippen molar-refractivity contribution in [2.45, 2.75) is 6.54 Å². The maximum atomic E-state index is 13.1. The van der Waals surface area contributed by atoms with E-state index in [0.717, 1.165) is 14.7 Å². The molecule has 138 valence electrons. The molecule has 2 aromatic carbocycles. The van der Waals surface area contributed by atoms with Gasteiger partial charge < -0.3 is 10.1 Å². The van der Waals surface area contributed by atoms with Crippen LogP contribution >= 0.6 is 15.9 Å². The lowest BCUT2D eigenvalue weighted by Crippen LogP contribution is -2.28. The highest BCUT2D eigenvalue weighted by molar-refractivity contribution is 9.10. The van der Waals surface area contributed by atoms with Gasteiger partial charge in [-0.1, -0.05) is 6.07 Å². The fraction of sp³-hybridized carbons (Fsp3) is 0.105. The van der Waals surface area contributed by atoms with Gasteiger partial charge in [0.2, 0.25) is 0 Å². The van der Waals surface area contributed by atoms with Gasteiger partial charge in [-0.2, -0.15) is 9.78 Å². The number of rotatable bonds is 5. The predicted octanol–water partition coefficient (Wildman–Crippen LogP) is 3.07. The first-order chi connectivity index (χ1) is 13.0. The average Bonchev–Trinajstić information content (AvgIpc) is 2.67. The second-order valence-corrected chi connectivity index (χ2v) is 6.45. The molecule has 27 heavy (non-hydrogen) atoms. The van der Waals surface area contributed by atoms with E-state index in [1.54, 1.807) is 13.2 Å². The van der Waals surface area contributed by atoms with E-state index in [2.05, 4.69) is 26.3 Å². The molecule has 0 saturated heterocycles. The third-order valence-electron chi connectivity index (χ3n) is 3.77. The average molecular weight is 432 g/mol. The zero-order chi connectivity index (χ0) is 19.4. The molecule has 3 rings (SSSR count). The topological polar surface area (TPSA) is 73.2 Å². The van der Waals surface area contributed by atoms with Crippen molar-refractivity contribution in [1.29, 1.82) is 0 Å². The van der Waals surface area contributed by atoms with Crippen LogP contribution in [-0.2, 0) is 6.54 Å². The molecule has 0 fully saturated rings. The van der Waals surface area contributed by atoms with Gasteiger partial charge in [-0.15, -0.1) is 0 Å². The molecule has 0 aliphatic carbocycles. The van der Waals surface area contributed by atoms with Crippen molar-refractivity contribution in [1.82, 2.24) is 15.1 Å². The number of hydrogen-bond donors (Lipinski definition) is 1. The first-order valence-electron chi connectivity index (χ1n) is 7.95. The fourth-order valence-electron chi connectivity index (χ4n) is 2.39. The zero-order valence-corrected chi connectivity index (χ0v) is 15.9. The summed E-state index contributed by atoms with van der Waals surface area (Å²) in [6.07, 6.45) is 0. The first kappa shape index (κ1) is 18.8. The summed E-state index contributed by atoms with van der Waals surface area (Å²) < 4.78 is 20.1. The number of methoxy groups -OCH3 is 1. The Labute approximate surface area is 162 Å². The van der Waals surface area contributed by atoms with Crippen LogP contribution in [0.1, 0.15) is 16.1 Å². The second-order valence-electron chi connectivity index (χ2n) is 5.60. The Hall–Kier alpha value is -3.00. The molecule has 0 atom stereocenters. The summed E-state index contributed by atoms with van der Waals surface area (Å²) in [6, 6.07) is 13.3. The molecule has 6 nitrogen and oxygen atoms in total. The van der Waals surface area contributed by atoms with Crippen molar-refractivity contribution in [2.24, 2.45) is 0 Å². The van der Waals surface area contributed by atoms with Crippen LogP contribution in [0.5, 0.6) is 5.75 Å². The van der Waals surface area contributed by atoms with Crippen LogP contribution in [0, 0.1) is 5.82 Å². The Balaban J connectivity index is 1.77. The second kappa shape index (κ2) is 8.13. The monoisotopic (exact) mass is 431 g/mol. The first-order valence-corrected chi connectivity index (χ1v) is 8.74. The van der Waals surface area contributed by atoms with E-state index in [9.17, 15) is 14.0 Å². The number of nitrogens with one attached hydrogen (secondary N) is 1. The number of hydrogen-bond acceptors (Lipinski definition) is 4. The Morgan fingerprint density at radius 1 is 1.19 bits per heavy atom. The largest absolute Gasteiger partial charge is 0.496 e. The molecule has 0 aliphatic rings. The summed E-state index contributed by atoms with van der Waals surface area (Å²) in [7, 11) is 1.57. The molecule has 0 aliphatic heterocycles. The smallest absolute Gasteiger partial charge is 0.272 e. The molecular formula is C19H15BrFN3O3. The maximum Gasteiger partial charge on any atom is 0.272 e. The van der Waals surface area contributed by atoms with Gasteiger partial charge in [-0.3, -0.25) is 9.59 Å². The van der Waals surface area contributed by atoms with Crippen molar-refractivity contribution >= 4 is 21.8 Å². The molecule has 0 saturated carbocycles. The van der Waals surface area contributed by atoms with Crippen molar-refractivity contribution in [3.63, 3.8) is 0 Å². The molecule has 0 spiro atoms. The SMILES string of the molecule is COc1ccc(CNC(=O)c2ccc(=O)n(-c3ccc(F)cc3)n2)cc1Br. The minimum Gasteiger partial charge on any atom is -0.496 e. The van der Waals surface area contributed by atoms with E-state index in [-0.39, 0.29) is 12.2 Å². The van der Waals surface area contributed by atoms with Crippen LogP contribution in [0.2, 0.25) is 0 Å². The van der Waals surface area contributed by atoms with Crippen molar-refractivity contribution in [3.05, 3.63) is 86.5 Å². The third-order valence-corrected chi connectivity index (χ3v) is 4.39. The highest BCUT2D eigenvalue weighted by Crippen LogP contribution is 2.25. The molecule has 3 aromatic rings. The molecular weight excluding hydrogens is 417 g/mol. The summed E-state index contributed by atoms with van der Waals surface area (Å²) in [6.45, 7) is 0.277. The van der Waals surface area contributed by atoms with E-state index >= 15 is 0 Å². The maximum absolute atomic E-state index is 13.1. The summed E-state index contributed by atoms with van der Waals surface area (Å²) in [5.41, 5.74) is 0.891. The minimum atomic E-state index is -0.433. The third kappa shape index (κ3) is 4.40. The van der Waals surface area contributed by atoms with Gasteiger partial charge in [0.1, 0.15) is 17.3 Å². The van der Waals surface area contributed by atoms with E-state index in [0.29, 0.717) is 11.4 Å². The lowest BCUT2D eigenvalue weighted by Gasteiger charge is -2.09. The van der Waals surface area contributed by atoms with E-state index < -0.39 is 17.3 Å². The van der Waals surface area contributed by atoms with E-state index in [1.807, 2.05) is 12.1 Å². The van der Waals surface area contributed by atoms with Crippen LogP contribution in [0.3, 0.4) is 0 Å². The minimum absolute atomic E-state index is 0.0755. The summed E-state index contributed by atoms with van der Waals surface area (Å²) in [5.74, 6) is -0.165. The number of ether oxygens (including phenoxy) is 1. The van der Waals surface area contributed by atoms with Crippen LogP contribution < -0.4 is 15.6 Å². The van der Waals surface area contributed by atoms with Gasteiger partial charge in [-0.25, -0.2) is 4.39 Å². The van der Waals surface area contributed by atoms with E-state index in [4.69, 9.17) is 4.74 Å². The van der Waals surface area contributed by atoms with Gasteiger partial charge in [0.15, 0.2) is 0 Å². The standard InChI is InChI=1S/C19H15BrFN3O3/c1-27-17-8-2-12(10-15(17)20)11-22-19(26)16-7-9-18(25)24(23-16)14-5-3-13(21)4-6-14/h2-10H,11H2,1H3,(H,22,26). The molecule has 0 bridgehead atoms. The van der Waals surface area contributed by atoms with Gasteiger partial charge in [0.05, 0.1) is 17.3 Å². The number of amides is 1. The molecule has 0 unspecified atom stereocenters. The molecule has 1 heterocycles. The highest BCUT2D eigenvalue weighted by atomic mass is 79.9. The number of halogens is 2. The van der Waals surface area contributed by atoms with Crippen molar-refractivity contribution < 1.29 is 13.9 Å².